The summed E-state index contributed by atoms with van der Waals surface area (Å²) < 4.78 is 34.8. The maximum Gasteiger partial charge on any atom is 0.408 e. The Labute approximate surface area is 150 Å². The quantitative estimate of drug-likeness (QED) is 0.650. The summed E-state index contributed by atoms with van der Waals surface area (Å²) in [4.78, 5) is 15.5. The molecule has 0 aliphatic rings. The highest BCUT2D eigenvalue weighted by molar-refractivity contribution is 7.85. The lowest BCUT2D eigenvalue weighted by Gasteiger charge is -2.23. The van der Waals surface area contributed by atoms with Crippen LogP contribution in [0.25, 0.3) is 0 Å². The number of rotatable bonds is 4. The van der Waals surface area contributed by atoms with E-state index >= 15 is 0 Å². The van der Waals surface area contributed by atoms with E-state index in [1.54, 1.807) is 54.5 Å². The molecule has 1 aromatic heterocycles. The van der Waals surface area contributed by atoms with E-state index in [1.165, 1.54) is 12.3 Å². The molecule has 0 saturated carbocycles. The van der Waals surface area contributed by atoms with Crippen LogP contribution in [0.3, 0.4) is 0 Å². The van der Waals surface area contributed by atoms with Gasteiger partial charge in [0.25, 0.3) is 0 Å². The van der Waals surface area contributed by atoms with Crippen molar-refractivity contribution in [2.75, 3.05) is 0 Å². The number of ether oxygens (including phenoxy) is 1. The topological polar surface area (TPSA) is 80.6 Å². The van der Waals surface area contributed by atoms with Crippen molar-refractivity contribution in [3.05, 3.63) is 29.8 Å². The zero-order valence-corrected chi connectivity index (χ0v) is 16.5. The summed E-state index contributed by atoms with van der Waals surface area (Å²) in [5.41, 5.74) is 0.0343. The zero-order chi connectivity index (χ0) is 19.4. The van der Waals surface area contributed by atoms with Gasteiger partial charge in [0.2, 0.25) is 5.95 Å². The first-order valence-corrected chi connectivity index (χ1v) is 9.02. The second-order valence-electron chi connectivity index (χ2n) is 7.57. The molecule has 1 rings (SSSR count). The standard InChI is InChI=1S/C17H26FN3O3S/c1-11(20-15(22)24-16(2,3)4)14(21-25(23)17(5,6)7)12-8-9-19-13(18)10-12/h8-11H,1-7H3,(H,20,22)/t11-,25?/m0/s1. The van der Waals surface area contributed by atoms with Gasteiger partial charge in [0.05, 0.1) is 16.5 Å². The number of hydrogen-bond donors (Lipinski definition) is 1. The number of aromatic nitrogens is 1. The number of amides is 1. The fourth-order valence-corrected chi connectivity index (χ4v) is 2.44. The summed E-state index contributed by atoms with van der Waals surface area (Å²) in [6.45, 7) is 12.3. The molecular weight excluding hydrogens is 345 g/mol. The Kier molecular flexibility index (Phi) is 6.82. The fourth-order valence-electron chi connectivity index (χ4n) is 1.72. The van der Waals surface area contributed by atoms with Crippen molar-refractivity contribution in [2.24, 2.45) is 4.40 Å². The average Bonchev–Trinajstić information content (AvgIpc) is 2.40. The first-order valence-electron chi connectivity index (χ1n) is 7.91. The third kappa shape index (κ3) is 7.29. The molecule has 0 spiro atoms. The summed E-state index contributed by atoms with van der Waals surface area (Å²) in [5.74, 6) is -0.684. The van der Waals surface area contributed by atoms with E-state index in [0.29, 0.717) is 11.3 Å². The maximum absolute atomic E-state index is 13.5. The molecule has 6 nitrogen and oxygen atoms in total. The molecule has 0 aliphatic carbocycles. The highest BCUT2D eigenvalue weighted by atomic mass is 32.2. The predicted octanol–water partition coefficient (Wildman–Crippen LogP) is 3.39. The number of alkyl carbamates (subject to hydrolysis) is 1. The van der Waals surface area contributed by atoms with E-state index in [2.05, 4.69) is 14.7 Å². The van der Waals surface area contributed by atoms with E-state index in [9.17, 15) is 13.4 Å². The number of nitrogens with zero attached hydrogens (tertiary/aromatic N) is 2. The Bertz CT molecular complexity index is 678. The van der Waals surface area contributed by atoms with Gasteiger partial charge in [-0.3, -0.25) is 0 Å². The van der Waals surface area contributed by atoms with Gasteiger partial charge >= 0.3 is 6.09 Å². The monoisotopic (exact) mass is 371 g/mol. The van der Waals surface area contributed by atoms with Gasteiger partial charge in [0.15, 0.2) is 0 Å². The lowest BCUT2D eigenvalue weighted by Crippen LogP contribution is -2.42. The molecule has 0 aromatic carbocycles. The van der Waals surface area contributed by atoms with Crippen molar-refractivity contribution in [3.8, 4) is 0 Å². The second-order valence-corrected chi connectivity index (χ2v) is 9.48. The summed E-state index contributed by atoms with van der Waals surface area (Å²) in [6.07, 6.45) is 0.657. The molecule has 1 aromatic rings. The molecule has 140 valence electrons. The van der Waals surface area contributed by atoms with Crippen molar-refractivity contribution in [1.29, 1.82) is 0 Å². The summed E-state index contributed by atoms with van der Waals surface area (Å²) >= 11 is 0. The molecule has 1 unspecified atom stereocenters. The van der Waals surface area contributed by atoms with Crippen molar-refractivity contribution in [3.63, 3.8) is 0 Å². The van der Waals surface area contributed by atoms with Gasteiger partial charge in [-0.25, -0.2) is 14.0 Å². The van der Waals surface area contributed by atoms with Crippen LogP contribution in [-0.4, -0.2) is 37.4 Å². The lowest BCUT2D eigenvalue weighted by molar-refractivity contribution is 0.0521. The number of halogens is 1. The molecule has 0 fully saturated rings. The molecule has 2 atom stereocenters. The Balaban J connectivity index is 3.16. The molecule has 0 saturated heterocycles. The van der Waals surface area contributed by atoms with Gasteiger partial charge in [-0.15, -0.1) is 0 Å². The summed E-state index contributed by atoms with van der Waals surface area (Å²) in [5, 5.41) is 2.64. The Morgan fingerprint density at radius 2 is 1.92 bits per heavy atom. The highest BCUT2D eigenvalue weighted by Gasteiger charge is 2.25. The molecule has 0 aliphatic heterocycles. The number of nitrogens with one attached hydrogen (secondary N) is 1. The zero-order valence-electron chi connectivity index (χ0n) is 15.7. The Hall–Kier alpha value is -1.83. The van der Waals surface area contributed by atoms with Crippen LogP contribution in [0.4, 0.5) is 9.18 Å². The molecule has 25 heavy (non-hydrogen) atoms. The van der Waals surface area contributed by atoms with Gasteiger partial charge in [-0.05, 0) is 54.5 Å². The number of carbonyl (C=O) groups excluding carboxylic acids is 1. The highest BCUT2D eigenvalue weighted by Crippen LogP contribution is 2.16. The third-order valence-electron chi connectivity index (χ3n) is 2.87. The molecular formula is C17H26FN3O3S. The second kappa shape index (κ2) is 8.03. The normalized spacial score (nSPS) is 15.4. The molecule has 1 heterocycles. The molecule has 8 heteroatoms. The van der Waals surface area contributed by atoms with Gasteiger partial charge in [0, 0.05) is 17.8 Å². The van der Waals surface area contributed by atoms with Crippen molar-refractivity contribution < 1.29 is 18.1 Å². The van der Waals surface area contributed by atoms with Gasteiger partial charge in [0.1, 0.15) is 16.6 Å². The van der Waals surface area contributed by atoms with E-state index in [-0.39, 0.29) is 0 Å². The molecule has 1 N–H and O–H groups in total. The first kappa shape index (κ1) is 21.2. The van der Waals surface area contributed by atoms with Crippen LogP contribution in [0.5, 0.6) is 0 Å². The summed E-state index contributed by atoms with van der Waals surface area (Å²) in [6, 6.07) is 2.10. The van der Waals surface area contributed by atoms with Crippen LogP contribution in [-0.2, 0) is 15.7 Å². The fraction of sp³-hybridized carbons (Fsp3) is 0.588. The van der Waals surface area contributed by atoms with E-state index in [0.717, 1.165) is 0 Å². The van der Waals surface area contributed by atoms with E-state index in [4.69, 9.17) is 4.74 Å². The Morgan fingerprint density at radius 3 is 2.40 bits per heavy atom. The van der Waals surface area contributed by atoms with Crippen molar-refractivity contribution in [2.45, 2.75) is 64.9 Å². The van der Waals surface area contributed by atoms with Gasteiger partial charge in [-0.2, -0.15) is 8.79 Å². The maximum atomic E-state index is 13.5. The van der Waals surface area contributed by atoms with Gasteiger partial charge in [-0.1, -0.05) is 0 Å². The lowest BCUT2D eigenvalue weighted by atomic mass is 10.1. The van der Waals surface area contributed by atoms with E-state index in [1.807, 2.05) is 0 Å². The third-order valence-corrected chi connectivity index (χ3v) is 4.28. The smallest absolute Gasteiger partial charge is 0.408 e. The van der Waals surface area contributed by atoms with Crippen molar-refractivity contribution in [1.82, 2.24) is 10.3 Å². The van der Waals surface area contributed by atoms with Crippen LogP contribution in [0, 0.1) is 5.95 Å². The van der Waals surface area contributed by atoms with Crippen LogP contribution >= 0.6 is 0 Å². The van der Waals surface area contributed by atoms with Crippen LogP contribution < -0.4 is 5.32 Å². The number of pyridine rings is 1. The minimum absolute atomic E-state index is 0.292. The van der Waals surface area contributed by atoms with Crippen molar-refractivity contribution >= 4 is 22.8 Å². The number of carbonyl (C=O) groups is 1. The van der Waals surface area contributed by atoms with E-state index < -0.39 is 39.4 Å². The predicted molar refractivity (Wildman–Crippen MR) is 97.5 cm³/mol. The number of hydrogen-bond acceptors (Lipinski definition) is 4. The van der Waals surface area contributed by atoms with Crippen LogP contribution in [0.15, 0.2) is 22.7 Å². The minimum Gasteiger partial charge on any atom is -0.444 e. The summed E-state index contributed by atoms with van der Waals surface area (Å²) in [7, 11) is -1.58. The largest absolute Gasteiger partial charge is 0.444 e. The molecule has 0 bridgehead atoms. The average molecular weight is 371 g/mol. The molecule has 0 radical (unpaired) electrons. The Morgan fingerprint density at radius 1 is 1.32 bits per heavy atom. The molecule has 1 amide bonds. The SMILES string of the molecule is C[C@H](NC(=O)OC(C)(C)C)C(=NS(=O)C(C)(C)C)c1ccnc(F)c1. The minimum atomic E-state index is -1.58. The van der Waals surface area contributed by atoms with Crippen LogP contribution in [0.1, 0.15) is 54.0 Å². The first-order chi connectivity index (χ1) is 11.3. The van der Waals surface area contributed by atoms with Crippen LogP contribution in [0.2, 0.25) is 0 Å². The van der Waals surface area contributed by atoms with Gasteiger partial charge < -0.3 is 10.1 Å².